The normalized spacial score (nSPS) is 9.27. The Morgan fingerprint density at radius 1 is 1.33 bits per heavy atom. The van der Waals surface area contributed by atoms with Gasteiger partial charge in [-0.2, -0.15) is 0 Å². The molecule has 2 nitrogen and oxygen atoms in total. The summed E-state index contributed by atoms with van der Waals surface area (Å²) >= 11 is 0. The zero-order chi connectivity index (χ0) is 10.9. The molecule has 1 N–H and O–H groups in total. The second-order valence-electron chi connectivity index (χ2n) is 3.32. The smallest absolute Gasteiger partial charge is 0.224 e. The van der Waals surface area contributed by atoms with E-state index in [2.05, 4.69) is 11.2 Å². The molecule has 1 aromatic carbocycles. The molecule has 0 heterocycles. The maximum absolute atomic E-state index is 11.4. The lowest BCUT2D eigenvalue weighted by molar-refractivity contribution is -0.120. The van der Waals surface area contributed by atoms with E-state index in [0.717, 1.165) is 12.0 Å². The molecule has 0 aromatic heterocycles. The first-order valence-corrected chi connectivity index (χ1v) is 5.07. The van der Waals surface area contributed by atoms with Gasteiger partial charge in [-0.3, -0.25) is 4.79 Å². The molecule has 0 aliphatic rings. The number of benzene rings is 1. The van der Waals surface area contributed by atoms with Gasteiger partial charge in [0.2, 0.25) is 5.91 Å². The second kappa shape index (κ2) is 6.67. The van der Waals surface area contributed by atoms with Crippen molar-refractivity contribution in [2.24, 2.45) is 0 Å². The average molecular weight is 201 g/mol. The van der Waals surface area contributed by atoms with E-state index in [1.54, 1.807) is 0 Å². The van der Waals surface area contributed by atoms with Crippen molar-refractivity contribution < 1.29 is 4.79 Å². The van der Waals surface area contributed by atoms with Crippen LogP contribution in [0.3, 0.4) is 0 Å². The topological polar surface area (TPSA) is 29.1 Å². The van der Waals surface area contributed by atoms with Crippen molar-refractivity contribution in [3.8, 4) is 12.3 Å². The first kappa shape index (κ1) is 11.3. The maximum atomic E-state index is 11.4. The van der Waals surface area contributed by atoms with Gasteiger partial charge in [0.1, 0.15) is 0 Å². The van der Waals surface area contributed by atoms with E-state index in [-0.39, 0.29) is 5.91 Å². The van der Waals surface area contributed by atoms with Gasteiger partial charge in [-0.1, -0.05) is 30.3 Å². The molecular formula is C13H15NO. The number of unbranched alkanes of at least 4 members (excludes halogenated alkanes) is 1. The van der Waals surface area contributed by atoms with Gasteiger partial charge in [0.05, 0.1) is 6.42 Å². The highest BCUT2D eigenvalue weighted by atomic mass is 16.1. The van der Waals surface area contributed by atoms with Crippen LogP contribution in [0.1, 0.15) is 18.4 Å². The summed E-state index contributed by atoms with van der Waals surface area (Å²) < 4.78 is 0. The summed E-state index contributed by atoms with van der Waals surface area (Å²) in [7, 11) is 0. The van der Waals surface area contributed by atoms with Gasteiger partial charge in [-0.25, -0.2) is 0 Å². The second-order valence-corrected chi connectivity index (χ2v) is 3.32. The quantitative estimate of drug-likeness (QED) is 0.571. The van der Waals surface area contributed by atoms with Crippen LogP contribution in [0, 0.1) is 12.3 Å². The molecule has 0 bridgehead atoms. The molecule has 15 heavy (non-hydrogen) atoms. The van der Waals surface area contributed by atoms with Crippen LogP contribution < -0.4 is 5.32 Å². The number of nitrogens with one attached hydrogen (secondary N) is 1. The lowest BCUT2D eigenvalue weighted by Crippen LogP contribution is -2.25. The molecule has 0 atom stereocenters. The molecule has 0 saturated heterocycles. The van der Waals surface area contributed by atoms with Crippen molar-refractivity contribution in [3.05, 3.63) is 35.9 Å². The van der Waals surface area contributed by atoms with Crippen LogP contribution in [0.25, 0.3) is 0 Å². The SMILES string of the molecule is C#CCCCNC(=O)Cc1ccccc1. The van der Waals surface area contributed by atoms with Crippen LogP contribution in [-0.2, 0) is 11.2 Å². The fraction of sp³-hybridized carbons (Fsp3) is 0.308. The Morgan fingerprint density at radius 3 is 2.73 bits per heavy atom. The third-order valence-corrected chi connectivity index (χ3v) is 2.03. The highest BCUT2D eigenvalue weighted by Gasteiger charge is 2.00. The molecule has 0 spiro atoms. The monoisotopic (exact) mass is 201 g/mol. The Kier molecular flexibility index (Phi) is 5.03. The molecular weight excluding hydrogens is 186 g/mol. The van der Waals surface area contributed by atoms with E-state index in [9.17, 15) is 4.79 Å². The summed E-state index contributed by atoms with van der Waals surface area (Å²) in [5.41, 5.74) is 1.03. The number of hydrogen-bond acceptors (Lipinski definition) is 1. The zero-order valence-corrected chi connectivity index (χ0v) is 8.70. The summed E-state index contributed by atoms with van der Waals surface area (Å²) in [6, 6.07) is 9.69. The fourth-order valence-corrected chi connectivity index (χ4v) is 1.26. The fourth-order valence-electron chi connectivity index (χ4n) is 1.26. The van der Waals surface area contributed by atoms with E-state index < -0.39 is 0 Å². The average Bonchev–Trinajstić information content (AvgIpc) is 2.26. The highest BCUT2D eigenvalue weighted by Crippen LogP contribution is 1.99. The molecule has 0 aliphatic heterocycles. The Labute approximate surface area is 90.7 Å². The van der Waals surface area contributed by atoms with Gasteiger partial charge in [0.15, 0.2) is 0 Å². The molecule has 1 rings (SSSR count). The van der Waals surface area contributed by atoms with Gasteiger partial charge >= 0.3 is 0 Å². The highest BCUT2D eigenvalue weighted by molar-refractivity contribution is 5.78. The minimum absolute atomic E-state index is 0.0539. The maximum Gasteiger partial charge on any atom is 0.224 e. The molecule has 2 heteroatoms. The standard InChI is InChI=1S/C13H15NO/c1-2-3-7-10-14-13(15)11-12-8-5-4-6-9-12/h1,4-6,8-9H,3,7,10-11H2,(H,14,15). The van der Waals surface area contributed by atoms with Gasteiger partial charge in [0, 0.05) is 13.0 Å². The van der Waals surface area contributed by atoms with Gasteiger partial charge in [-0.05, 0) is 12.0 Å². The van der Waals surface area contributed by atoms with E-state index >= 15 is 0 Å². The van der Waals surface area contributed by atoms with E-state index in [1.807, 2.05) is 30.3 Å². The number of hydrogen-bond donors (Lipinski definition) is 1. The Bertz CT molecular complexity index is 337. The third kappa shape index (κ3) is 4.87. The molecule has 1 amide bonds. The zero-order valence-electron chi connectivity index (χ0n) is 8.70. The van der Waals surface area contributed by atoms with Crippen LogP contribution in [0.2, 0.25) is 0 Å². The molecule has 0 radical (unpaired) electrons. The van der Waals surface area contributed by atoms with Crippen LogP contribution in [-0.4, -0.2) is 12.5 Å². The Hall–Kier alpha value is -1.75. The van der Waals surface area contributed by atoms with Crippen molar-refractivity contribution in [1.29, 1.82) is 0 Å². The summed E-state index contributed by atoms with van der Waals surface area (Å²) in [4.78, 5) is 11.4. The summed E-state index contributed by atoms with van der Waals surface area (Å²) in [6.45, 7) is 0.663. The lowest BCUT2D eigenvalue weighted by atomic mass is 10.1. The number of terminal acetylenes is 1. The third-order valence-electron chi connectivity index (χ3n) is 2.03. The Balaban J connectivity index is 2.22. The predicted octanol–water partition coefficient (Wildman–Crippen LogP) is 1.76. The summed E-state index contributed by atoms with van der Waals surface area (Å²) in [5, 5.41) is 2.83. The molecule has 0 saturated carbocycles. The van der Waals surface area contributed by atoms with Crippen LogP contribution in [0.15, 0.2) is 30.3 Å². The number of rotatable bonds is 5. The van der Waals surface area contributed by atoms with Crippen LogP contribution in [0.5, 0.6) is 0 Å². The van der Waals surface area contributed by atoms with Crippen LogP contribution in [0.4, 0.5) is 0 Å². The molecule has 78 valence electrons. The van der Waals surface area contributed by atoms with E-state index in [1.165, 1.54) is 0 Å². The predicted molar refractivity (Wildman–Crippen MR) is 61.2 cm³/mol. The lowest BCUT2D eigenvalue weighted by Gasteiger charge is -2.03. The minimum atomic E-state index is 0.0539. The number of carbonyl (C=O) groups excluding carboxylic acids is 1. The molecule has 0 fully saturated rings. The summed E-state index contributed by atoms with van der Waals surface area (Å²) in [6.07, 6.45) is 7.11. The van der Waals surface area contributed by atoms with E-state index in [4.69, 9.17) is 6.42 Å². The largest absolute Gasteiger partial charge is 0.356 e. The number of carbonyl (C=O) groups is 1. The first-order chi connectivity index (χ1) is 7.33. The van der Waals surface area contributed by atoms with Crippen molar-refractivity contribution in [2.45, 2.75) is 19.3 Å². The number of amides is 1. The van der Waals surface area contributed by atoms with E-state index in [0.29, 0.717) is 19.4 Å². The van der Waals surface area contributed by atoms with Crippen molar-refractivity contribution in [2.75, 3.05) is 6.54 Å². The minimum Gasteiger partial charge on any atom is -0.356 e. The molecule has 0 aliphatic carbocycles. The van der Waals surface area contributed by atoms with Gasteiger partial charge in [-0.15, -0.1) is 12.3 Å². The Morgan fingerprint density at radius 2 is 2.07 bits per heavy atom. The van der Waals surface area contributed by atoms with Gasteiger partial charge in [0.25, 0.3) is 0 Å². The van der Waals surface area contributed by atoms with Crippen molar-refractivity contribution in [1.82, 2.24) is 5.32 Å². The molecule has 0 unspecified atom stereocenters. The first-order valence-electron chi connectivity index (χ1n) is 5.07. The van der Waals surface area contributed by atoms with Crippen molar-refractivity contribution >= 4 is 5.91 Å². The van der Waals surface area contributed by atoms with Gasteiger partial charge < -0.3 is 5.32 Å². The summed E-state index contributed by atoms with van der Waals surface area (Å²) in [5.74, 6) is 2.59. The molecule has 1 aromatic rings. The van der Waals surface area contributed by atoms with Crippen molar-refractivity contribution in [3.63, 3.8) is 0 Å². The van der Waals surface area contributed by atoms with Crippen LogP contribution >= 0.6 is 0 Å².